The Morgan fingerprint density at radius 1 is 0.917 bits per heavy atom. The number of anilines is 3. The van der Waals surface area contributed by atoms with Crippen LogP contribution in [0.1, 0.15) is 6.42 Å². The van der Waals surface area contributed by atoms with E-state index >= 15 is 0 Å². The number of nitrogens with zero attached hydrogens (tertiary/aromatic N) is 2. The zero-order valence-corrected chi connectivity index (χ0v) is 13.9. The highest BCUT2D eigenvalue weighted by Gasteiger charge is 2.10. The number of hydrogen-bond acceptors (Lipinski definition) is 4. The predicted octanol–water partition coefficient (Wildman–Crippen LogP) is 5.79. The molecule has 0 radical (unpaired) electrons. The van der Waals surface area contributed by atoms with E-state index in [1.807, 2.05) is 30.3 Å². The molecule has 0 saturated carbocycles. The molecule has 1 aromatic heterocycles. The van der Waals surface area contributed by atoms with Crippen molar-refractivity contribution in [3.63, 3.8) is 0 Å². The maximum absolute atomic E-state index is 4.71. The van der Waals surface area contributed by atoms with Gasteiger partial charge in [-0.1, -0.05) is 54.6 Å². The predicted molar refractivity (Wildman–Crippen MR) is 103 cm³/mol. The summed E-state index contributed by atoms with van der Waals surface area (Å²) in [6, 6.07) is 18.5. The average Bonchev–Trinajstić information content (AvgIpc) is 3.12. The second-order valence-electron chi connectivity index (χ2n) is 5.46. The van der Waals surface area contributed by atoms with Crippen LogP contribution in [0.2, 0.25) is 0 Å². The molecular weight excluding hydrogens is 314 g/mol. The monoisotopic (exact) mass is 331 g/mol. The maximum Gasteiger partial charge on any atom is 0.187 e. The van der Waals surface area contributed by atoms with E-state index in [1.165, 1.54) is 0 Å². The zero-order chi connectivity index (χ0) is 16.2. The van der Waals surface area contributed by atoms with E-state index < -0.39 is 0 Å². The van der Waals surface area contributed by atoms with Crippen molar-refractivity contribution < 1.29 is 0 Å². The molecule has 0 unspecified atom stereocenters. The summed E-state index contributed by atoms with van der Waals surface area (Å²) >= 11 is 1.62. The van der Waals surface area contributed by atoms with Gasteiger partial charge in [-0.2, -0.15) is 0 Å². The van der Waals surface area contributed by atoms with Gasteiger partial charge in [-0.05, 0) is 18.6 Å². The minimum atomic E-state index is 0.895. The molecule has 2 aromatic carbocycles. The Bertz CT molecular complexity index is 869. The number of thiazole rings is 1. The highest BCUT2D eigenvalue weighted by molar-refractivity contribution is 7.14. The van der Waals surface area contributed by atoms with Gasteiger partial charge in [-0.3, -0.25) is 0 Å². The van der Waals surface area contributed by atoms with Crippen LogP contribution in [0.25, 0.3) is 11.3 Å². The second kappa shape index (κ2) is 6.72. The fourth-order valence-corrected chi connectivity index (χ4v) is 3.36. The second-order valence-corrected chi connectivity index (χ2v) is 6.32. The van der Waals surface area contributed by atoms with Crippen molar-refractivity contribution in [2.24, 2.45) is 0 Å². The number of benzene rings is 2. The van der Waals surface area contributed by atoms with Crippen LogP contribution >= 0.6 is 11.3 Å². The van der Waals surface area contributed by atoms with Gasteiger partial charge in [0.25, 0.3) is 0 Å². The molecule has 1 N–H and O–H groups in total. The lowest BCUT2D eigenvalue weighted by molar-refractivity contribution is 1.18. The Kier molecular flexibility index (Phi) is 4.13. The fourth-order valence-electron chi connectivity index (χ4n) is 2.63. The van der Waals surface area contributed by atoms with Gasteiger partial charge in [0, 0.05) is 23.3 Å². The summed E-state index contributed by atoms with van der Waals surface area (Å²) in [5, 5.41) is 6.44. The summed E-state index contributed by atoms with van der Waals surface area (Å²) in [7, 11) is 0. The van der Waals surface area contributed by atoms with Crippen LogP contribution in [0, 0.1) is 0 Å². The highest BCUT2D eigenvalue weighted by Crippen LogP contribution is 2.32. The van der Waals surface area contributed by atoms with Crippen molar-refractivity contribution in [2.75, 3.05) is 10.2 Å². The number of nitrogens with one attached hydrogen (secondary N) is 1. The third kappa shape index (κ3) is 3.09. The van der Waals surface area contributed by atoms with E-state index in [1.54, 1.807) is 11.3 Å². The molecule has 24 heavy (non-hydrogen) atoms. The SMILES string of the molecule is C1=CN(c2ccccc2Nc2nc(-c3ccccc3)cs2)C=CC1. The van der Waals surface area contributed by atoms with Crippen LogP contribution in [0.5, 0.6) is 0 Å². The zero-order valence-electron chi connectivity index (χ0n) is 13.1. The highest BCUT2D eigenvalue weighted by atomic mass is 32.1. The van der Waals surface area contributed by atoms with E-state index in [-0.39, 0.29) is 0 Å². The standard InChI is InChI=1S/C20H17N3S/c1-3-9-16(10-4-1)18-15-24-20(22-18)21-17-11-5-6-12-19(17)23-13-7-2-8-14-23/h1,3-15H,2H2,(H,21,22). The van der Waals surface area contributed by atoms with Gasteiger partial charge >= 0.3 is 0 Å². The first-order valence-electron chi connectivity index (χ1n) is 7.89. The first-order valence-corrected chi connectivity index (χ1v) is 8.77. The smallest absolute Gasteiger partial charge is 0.187 e. The molecule has 0 saturated heterocycles. The lowest BCUT2D eigenvalue weighted by Crippen LogP contribution is -2.10. The fraction of sp³-hybridized carbons (Fsp3) is 0.0500. The van der Waals surface area contributed by atoms with Crippen LogP contribution in [0.3, 0.4) is 0 Å². The van der Waals surface area contributed by atoms with E-state index in [0.717, 1.165) is 34.2 Å². The van der Waals surface area contributed by atoms with Crippen LogP contribution in [0.4, 0.5) is 16.5 Å². The third-order valence-corrected chi connectivity index (χ3v) is 4.56. The molecule has 118 valence electrons. The quantitative estimate of drug-likeness (QED) is 0.655. The van der Waals surface area contributed by atoms with Crippen molar-refractivity contribution in [3.8, 4) is 11.3 Å². The first-order chi connectivity index (χ1) is 11.9. The molecule has 0 bridgehead atoms. The summed E-state index contributed by atoms with van der Waals surface area (Å²) in [6.45, 7) is 0. The Labute approximate surface area is 145 Å². The topological polar surface area (TPSA) is 28.2 Å². The van der Waals surface area contributed by atoms with Crippen LogP contribution in [-0.2, 0) is 0 Å². The molecule has 0 spiro atoms. The number of aromatic nitrogens is 1. The lowest BCUT2D eigenvalue weighted by atomic mass is 10.2. The maximum atomic E-state index is 4.71. The normalized spacial score (nSPS) is 13.2. The van der Waals surface area contributed by atoms with Gasteiger partial charge in [0.15, 0.2) is 5.13 Å². The van der Waals surface area contributed by atoms with Crippen molar-refractivity contribution in [2.45, 2.75) is 6.42 Å². The van der Waals surface area contributed by atoms with Gasteiger partial charge in [-0.15, -0.1) is 11.3 Å². The van der Waals surface area contributed by atoms with Crippen LogP contribution in [0.15, 0.2) is 84.5 Å². The first kappa shape index (κ1) is 14.7. The Morgan fingerprint density at radius 3 is 2.50 bits per heavy atom. The Morgan fingerprint density at radius 2 is 1.67 bits per heavy atom. The van der Waals surface area contributed by atoms with Crippen molar-refractivity contribution in [3.05, 3.63) is 84.5 Å². The molecule has 1 aliphatic rings. The van der Waals surface area contributed by atoms with Gasteiger partial charge in [-0.25, -0.2) is 4.98 Å². The number of rotatable bonds is 4. The van der Waals surface area contributed by atoms with E-state index in [0.29, 0.717) is 0 Å². The Hall–Kier alpha value is -2.85. The van der Waals surface area contributed by atoms with Crippen molar-refractivity contribution in [1.82, 2.24) is 4.98 Å². The van der Waals surface area contributed by atoms with Crippen LogP contribution in [-0.4, -0.2) is 4.98 Å². The van der Waals surface area contributed by atoms with Gasteiger partial charge in [0.2, 0.25) is 0 Å². The van der Waals surface area contributed by atoms with Crippen molar-refractivity contribution in [1.29, 1.82) is 0 Å². The lowest BCUT2D eigenvalue weighted by Gasteiger charge is -2.21. The minimum absolute atomic E-state index is 0.895. The molecule has 3 aromatic rings. The number of allylic oxidation sites excluding steroid dienone is 2. The van der Waals surface area contributed by atoms with E-state index in [4.69, 9.17) is 4.98 Å². The molecule has 3 nitrogen and oxygen atoms in total. The molecule has 0 atom stereocenters. The molecular formula is C20H17N3S. The molecule has 0 fully saturated rings. The largest absolute Gasteiger partial charge is 0.330 e. The summed E-state index contributed by atoms with van der Waals surface area (Å²) in [5.74, 6) is 0. The van der Waals surface area contributed by atoms with Gasteiger partial charge < -0.3 is 10.2 Å². The van der Waals surface area contributed by atoms with Gasteiger partial charge in [0.05, 0.1) is 17.1 Å². The molecule has 2 heterocycles. The summed E-state index contributed by atoms with van der Waals surface area (Å²) in [6.07, 6.45) is 9.47. The van der Waals surface area contributed by atoms with Crippen LogP contribution < -0.4 is 10.2 Å². The van der Waals surface area contributed by atoms with Crippen molar-refractivity contribution >= 4 is 27.8 Å². The Balaban J connectivity index is 1.60. The third-order valence-electron chi connectivity index (χ3n) is 3.80. The molecule has 4 rings (SSSR count). The minimum Gasteiger partial charge on any atom is -0.330 e. The van der Waals surface area contributed by atoms with E-state index in [9.17, 15) is 0 Å². The molecule has 0 amide bonds. The summed E-state index contributed by atoms with van der Waals surface area (Å²) in [5.41, 5.74) is 4.29. The average molecular weight is 331 g/mol. The number of para-hydroxylation sites is 2. The number of hydrogen-bond donors (Lipinski definition) is 1. The summed E-state index contributed by atoms with van der Waals surface area (Å²) < 4.78 is 0. The van der Waals surface area contributed by atoms with Gasteiger partial charge in [0.1, 0.15) is 0 Å². The molecule has 0 aliphatic carbocycles. The van der Waals surface area contributed by atoms with E-state index in [2.05, 4.69) is 64.4 Å². The molecule has 4 heteroatoms. The molecule has 1 aliphatic heterocycles. The summed E-state index contributed by atoms with van der Waals surface area (Å²) in [4.78, 5) is 6.84.